The van der Waals surface area contributed by atoms with Crippen molar-refractivity contribution in [1.82, 2.24) is 0 Å². The third-order valence-electron chi connectivity index (χ3n) is 3.27. The smallest absolute Gasteiger partial charge is 0.331 e. The van der Waals surface area contributed by atoms with Gasteiger partial charge in [0.15, 0.2) is 0 Å². The van der Waals surface area contributed by atoms with E-state index in [1.54, 1.807) is 12.1 Å². The van der Waals surface area contributed by atoms with Crippen molar-refractivity contribution in [3.8, 4) is 0 Å². The lowest BCUT2D eigenvalue weighted by Crippen LogP contribution is -2.22. The van der Waals surface area contributed by atoms with E-state index in [4.69, 9.17) is 22.1 Å². The fourth-order valence-corrected chi connectivity index (χ4v) is 2.23. The highest BCUT2D eigenvalue weighted by Crippen LogP contribution is 2.39. The molecule has 0 aliphatic heterocycles. The minimum Gasteiger partial charge on any atom is -0.457 e. The number of hydrogen-bond donors (Lipinski definition) is 1. The summed E-state index contributed by atoms with van der Waals surface area (Å²) in [6.45, 7) is 5.58. The number of halogens is 1. The third kappa shape index (κ3) is 5.09. The molecule has 0 saturated heterocycles. The lowest BCUT2D eigenvalue weighted by Gasteiger charge is -2.19. The second kappa shape index (κ2) is 6.10. The summed E-state index contributed by atoms with van der Waals surface area (Å²) in [5.74, 6) is 0.349. The van der Waals surface area contributed by atoms with Gasteiger partial charge in [-0.2, -0.15) is 0 Å². The zero-order valence-electron chi connectivity index (χ0n) is 12.8. The Balaban J connectivity index is 2.24. The van der Waals surface area contributed by atoms with Gasteiger partial charge in [-0.3, -0.25) is 0 Å². The predicted octanol–water partition coefficient (Wildman–Crippen LogP) is 4.45. The van der Waals surface area contributed by atoms with Gasteiger partial charge >= 0.3 is 5.97 Å². The first-order valence-electron chi connectivity index (χ1n) is 7.23. The van der Waals surface area contributed by atoms with Gasteiger partial charge < -0.3 is 10.5 Å². The van der Waals surface area contributed by atoms with Crippen molar-refractivity contribution in [3.63, 3.8) is 0 Å². The van der Waals surface area contributed by atoms with Gasteiger partial charge in [-0.05, 0) is 69.2 Å². The molecule has 1 fully saturated rings. The molecule has 21 heavy (non-hydrogen) atoms. The molecule has 0 bridgehead atoms. The Morgan fingerprint density at radius 1 is 1.43 bits per heavy atom. The quantitative estimate of drug-likeness (QED) is 0.508. The summed E-state index contributed by atoms with van der Waals surface area (Å²) in [4.78, 5) is 12.0. The average molecular weight is 308 g/mol. The molecule has 0 amide bonds. The summed E-state index contributed by atoms with van der Waals surface area (Å²) in [7, 11) is 0. The molecule has 114 valence electrons. The van der Waals surface area contributed by atoms with Crippen LogP contribution < -0.4 is 5.73 Å². The highest BCUT2D eigenvalue weighted by Gasteiger charge is 2.24. The first kappa shape index (κ1) is 15.9. The molecule has 0 heterocycles. The fraction of sp³-hybridized carbons (Fsp3) is 0.471. The Morgan fingerprint density at radius 2 is 2.10 bits per heavy atom. The molecule has 1 aromatic rings. The maximum absolute atomic E-state index is 12.0. The number of allylic oxidation sites excluding steroid dienone is 1. The van der Waals surface area contributed by atoms with Crippen LogP contribution in [0, 0.1) is 5.92 Å². The molecule has 0 radical (unpaired) electrons. The van der Waals surface area contributed by atoms with Crippen LogP contribution in [-0.2, 0) is 9.53 Å². The van der Waals surface area contributed by atoms with Gasteiger partial charge in [-0.25, -0.2) is 4.79 Å². The molecule has 0 atom stereocenters. The number of nitrogens with two attached hydrogens (primary N) is 1. The highest BCUT2D eigenvalue weighted by molar-refractivity contribution is 6.33. The summed E-state index contributed by atoms with van der Waals surface area (Å²) in [6, 6.07) is 5.49. The number of hydrogen-bond acceptors (Lipinski definition) is 3. The number of carbonyl (C=O) groups excluding carboxylic acids is 1. The zero-order valence-corrected chi connectivity index (χ0v) is 13.5. The summed E-state index contributed by atoms with van der Waals surface area (Å²) in [5, 5.41) is 0.529. The Hall–Kier alpha value is -1.48. The number of esters is 1. The Morgan fingerprint density at radius 3 is 2.62 bits per heavy atom. The fourth-order valence-electron chi connectivity index (χ4n) is 2.11. The number of nitrogen functional groups attached to an aromatic ring is 1. The molecule has 1 saturated carbocycles. The van der Waals surface area contributed by atoms with Crippen molar-refractivity contribution in [3.05, 3.63) is 34.9 Å². The summed E-state index contributed by atoms with van der Waals surface area (Å²) >= 11 is 5.96. The Bertz CT molecular complexity index is 569. The zero-order chi connectivity index (χ0) is 15.6. The third-order valence-corrected chi connectivity index (χ3v) is 3.62. The van der Waals surface area contributed by atoms with Crippen LogP contribution >= 0.6 is 11.6 Å². The van der Waals surface area contributed by atoms with Crippen LogP contribution in [0.1, 0.15) is 45.6 Å². The summed E-state index contributed by atoms with van der Waals surface area (Å²) in [6.07, 6.45) is 4.90. The van der Waals surface area contributed by atoms with Crippen molar-refractivity contribution in [2.75, 3.05) is 5.73 Å². The van der Waals surface area contributed by atoms with E-state index in [0.29, 0.717) is 16.6 Å². The lowest BCUT2D eigenvalue weighted by atomic mass is 9.99. The van der Waals surface area contributed by atoms with Crippen molar-refractivity contribution in [2.24, 2.45) is 5.92 Å². The van der Waals surface area contributed by atoms with Crippen molar-refractivity contribution < 1.29 is 9.53 Å². The lowest BCUT2D eigenvalue weighted by molar-refractivity contribution is -0.148. The normalized spacial score (nSPS) is 15.9. The van der Waals surface area contributed by atoms with Crippen LogP contribution in [0.3, 0.4) is 0 Å². The Kier molecular flexibility index (Phi) is 4.62. The van der Waals surface area contributed by atoms with Gasteiger partial charge in [-0.15, -0.1) is 0 Å². The van der Waals surface area contributed by atoms with E-state index in [-0.39, 0.29) is 5.97 Å². The molecule has 0 aromatic heterocycles. The molecule has 1 aliphatic rings. The van der Waals surface area contributed by atoms with E-state index in [9.17, 15) is 4.79 Å². The maximum atomic E-state index is 12.0. The largest absolute Gasteiger partial charge is 0.457 e. The monoisotopic (exact) mass is 307 g/mol. The van der Waals surface area contributed by atoms with Crippen molar-refractivity contribution >= 4 is 28.8 Å². The van der Waals surface area contributed by atoms with E-state index in [1.165, 1.54) is 12.8 Å². The second-order valence-corrected chi connectivity index (χ2v) is 6.99. The molecular formula is C17H22ClNO2. The van der Waals surface area contributed by atoms with E-state index < -0.39 is 5.60 Å². The number of ether oxygens (including phenoxy) is 1. The highest BCUT2D eigenvalue weighted by atomic mass is 35.5. The van der Waals surface area contributed by atoms with Gasteiger partial charge in [-0.1, -0.05) is 17.7 Å². The van der Waals surface area contributed by atoms with Crippen LogP contribution in [0.15, 0.2) is 24.3 Å². The average Bonchev–Trinajstić information content (AvgIpc) is 3.13. The van der Waals surface area contributed by atoms with Gasteiger partial charge in [0.2, 0.25) is 0 Å². The predicted molar refractivity (Wildman–Crippen MR) is 87.0 cm³/mol. The molecule has 1 aromatic carbocycles. The number of rotatable bonds is 4. The molecule has 3 nitrogen and oxygen atoms in total. The van der Waals surface area contributed by atoms with Crippen LogP contribution in [0.5, 0.6) is 0 Å². The van der Waals surface area contributed by atoms with Gasteiger partial charge in [0, 0.05) is 6.08 Å². The molecule has 0 spiro atoms. The summed E-state index contributed by atoms with van der Waals surface area (Å²) < 4.78 is 5.37. The standard InChI is InChI=1S/C17H22ClNO2/c1-17(2,3)21-16(20)10-13(8-11-4-5-11)12-6-7-14(18)15(19)9-12/h6-7,9-11H,4-5,8,19H2,1-3H3/b13-10+. The van der Waals surface area contributed by atoms with Gasteiger partial charge in [0.05, 0.1) is 10.7 Å². The summed E-state index contributed by atoms with van der Waals surface area (Å²) in [5.41, 5.74) is 7.81. The second-order valence-electron chi connectivity index (χ2n) is 6.59. The van der Waals surface area contributed by atoms with Crippen molar-refractivity contribution in [2.45, 2.75) is 45.6 Å². The van der Waals surface area contributed by atoms with Crippen LogP contribution in [-0.4, -0.2) is 11.6 Å². The first-order chi connectivity index (χ1) is 9.74. The van der Waals surface area contributed by atoms with Crippen molar-refractivity contribution in [1.29, 1.82) is 0 Å². The number of carbonyl (C=O) groups is 1. The maximum Gasteiger partial charge on any atom is 0.331 e. The van der Waals surface area contributed by atoms with E-state index in [1.807, 2.05) is 32.9 Å². The minimum atomic E-state index is -0.489. The first-order valence-corrected chi connectivity index (χ1v) is 7.61. The van der Waals surface area contributed by atoms with Gasteiger partial charge in [0.1, 0.15) is 5.60 Å². The topological polar surface area (TPSA) is 52.3 Å². The SMILES string of the molecule is CC(C)(C)OC(=O)/C=C(\CC1CC1)c1ccc(Cl)c(N)c1. The number of benzene rings is 1. The Labute approximate surface area is 131 Å². The molecular weight excluding hydrogens is 286 g/mol. The van der Waals surface area contributed by atoms with E-state index >= 15 is 0 Å². The van der Waals surface area contributed by atoms with Gasteiger partial charge in [0.25, 0.3) is 0 Å². The minimum absolute atomic E-state index is 0.313. The van der Waals surface area contributed by atoms with Crippen LogP contribution in [0.4, 0.5) is 5.69 Å². The number of anilines is 1. The molecule has 1 aliphatic carbocycles. The molecule has 2 rings (SSSR count). The van der Waals surface area contributed by atoms with E-state index in [2.05, 4.69) is 0 Å². The van der Waals surface area contributed by atoms with Crippen LogP contribution in [0.25, 0.3) is 5.57 Å². The molecule has 4 heteroatoms. The van der Waals surface area contributed by atoms with Crippen LogP contribution in [0.2, 0.25) is 5.02 Å². The van der Waals surface area contributed by atoms with E-state index in [0.717, 1.165) is 17.6 Å². The molecule has 0 unspecified atom stereocenters. The molecule has 2 N–H and O–H groups in total.